The number of carbonyl (C=O) groups is 2. The van der Waals surface area contributed by atoms with Crippen LogP contribution in [0.4, 0.5) is 4.79 Å². The summed E-state index contributed by atoms with van der Waals surface area (Å²) in [5, 5.41) is 13.5. The molecule has 1 amide bonds. The summed E-state index contributed by atoms with van der Waals surface area (Å²) < 4.78 is 10.6. The molecule has 0 heterocycles. The molecule has 2 atom stereocenters. The van der Waals surface area contributed by atoms with Gasteiger partial charge in [0.15, 0.2) is 0 Å². The molecular weight excluding hydrogens is 358 g/mol. The number of amides is 1. The fraction of sp³-hybridized carbons (Fsp3) is 0.545. The molecule has 1 aromatic carbocycles. The van der Waals surface area contributed by atoms with Crippen LogP contribution in [0.1, 0.15) is 54.0 Å². The monoisotopic (exact) mass is 391 g/mol. The van der Waals surface area contributed by atoms with Crippen molar-refractivity contribution < 1.29 is 24.2 Å². The van der Waals surface area contributed by atoms with Crippen molar-refractivity contribution in [1.82, 2.24) is 5.32 Å². The molecule has 0 aliphatic heterocycles. The molecule has 0 bridgehead atoms. The molecule has 0 unspecified atom stereocenters. The van der Waals surface area contributed by atoms with Gasteiger partial charge < -0.3 is 19.9 Å². The number of hydrogen-bond acceptors (Lipinski definition) is 5. The Balaban J connectivity index is 2.98. The van der Waals surface area contributed by atoms with Gasteiger partial charge in [-0.3, -0.25) is 0 Å². The molecule has 0 aliphatic rings. The summed E-state index contributed by atoms with van der Waals surface area (Å²) in [6.45, 7) is 12.2. The van der Waals surface area contributed by atoms with Gasteiger partial charge in [-0.2, -0.15) is 0 Å². The van der Waals surface area contributed by atoms with Crippen LogP contribution in [0, 0.1) is 0 Å². The number of esters is 1. The zero-order valence-corrected chi connectivity index (χ0v) is 17.9. The van der Waals surface area contributed by atoms with Gasteiger partial charge in [0.05, 0.1) is 12.1 Å². The second kappa shape index (κ2) is 9.73. The predicted molar refractivity (Wildman–Crippen MR) is 109 cm³/mol. The fourth-order valence-corrected chi connectivity index (χ4v) is 2.49. The van der Waals surface area contributed by atoms with Gasteiger partial charge in [0.2, 0.25) is 0 Å². The summed E-state index contributed by atoms with van der Waals surface area (Å²) >= 11 is 0. The number of aliphatic hydroxyl groups excluding tert-OH is 1. The van der Waals surface area contributed by atoms with Crippen LogP contribution in [0.5, 0.6) is 0 Å². The van der Waals surface area contributed by atoms with Gasteiger partial charge in [-0.25, -0.2) is 9.59 Å². The van der Waals surface area contributed by atoms with E-state index in [1.165, 1.54) is 6.08 Å². The molecule has 0 aliphatic carbocycles. The van der Waals surface area contributed by atoms with E-state index < -0.39 is 35.4 Å². The van der Waals surface area contributed by atoms with Crippen molar-refractivity contribution in [2.24, 2.45) is 0 Å². The lowest BCUT2D eigenvalue weighted by molar-refractivity contribution is -0.148. The molecule has 28 heavy (non-hydrogen) atoms. The Morgan fingerprint density at radius 3 is 2.07 bits per heavy atom. The largest absolute Gasteiger partial charge is 0.457 e. The lowest BCUT2D eigenvalue weighted by Crippen LogP contribution is -2.47. The number of ether oxygens (including phenoxy) is 2. The Labute approximate surface area is 167 Å². The number of benzene rings is 1. The van der Waals surface area contributed by atoms with Crippen molar-refractivity contribution in [2.45, 2.75) is 78.2 Å². The van der Waals surface area contributed by atoms with Crippen molar-refractivity contribution in [2.75, 3.05) is 0 Å². The molecule has 0 spiro atoms. The zero-order valence-electron chi connectivity index (χ0n) is 17.9. The fourth-order valence-electron chi connectivity index (χ4n) is 2.49. The van der Waals surface area contributed by atoms with Crippen LogP contribution < -0.4 is 5.32 Å². The summed E-state index contributed by atoms with van der Waals surface area (Å²) in [5.74, 6) is -0.542. The smallest absolute Gasteiger partial charge is 0.407 e. The Hall–Kier alpha value is -2.34. The van der Waals surface area contributed by atoms with Crippen molar-refractivity contribution in [3.63, 3.8) is 0 Å². The maximum absolute atomic E-state index is 12.2. The molecule has 2 N–H and O–H groups in total. The summed E-state index contributed by atoms with van der Waals surface area (Å²) in [6, 6.07) is 8.80. The van der Waals surface area contributed by atoms with Gasteiger partial charge in [0.25, 0.3) is 0 Å². The second-order valence-electron chi connectivity index (χ2n) is 8.81. The van der Waals surface area contributed by atoms with Crippen molar-refractivity contribution in [1.29, 1.82) is 0 Å². The van der Waals surface area contributed by atoms with Crippen LogP contribution in [0.25, 0.3) is 0 Å². The standard InChI is InChI=1S/C22H33NO5/c1-15(13-18(24)27-21(2,3)4)19(25)17(14-16-11-9-8-10-12-16)23-20(26)28-22(5,6)7/h8-13,17,19,25H,14H2,1-7H3,(H,23,26)/b15-13+/t17-,19-/m1/s1. The predicted octanol–water partition coefficient (Wildman–Crippen LogP) is 3.77. The highest BCUT2D eigenvalue weighted by atomic mass is 16.6. The van der Waals surface area contributed by atoms with E-state index in [4.69, 9.17) is 9.47 Å². The van der Waals surface area contributed by atoms with E-state index in [1.54, 1.807) is 48.5 Å². The number of alkyl carbamates (subject to hydrolysis) is 1. The molecule has 0 aromatic heterocycles. The average Bonchev–Trinajstić information content (AvgIpc) is 2.50. The quantitative estimate of drug-likeness (QED) is 0.570. The van der Waals surface area contributed by atoms with Gasteiger partial charge in [-0.05, 0) is 66.0 Å². The normalized spacial score (nSPS) is 14.8. The van der Waals surface area contributed by atoms with Crippen LogP contribution in [0.3, 0.4) is 0 Å². The van der Waals surface area contributed by atoms with Gasteiger partial charge in [-0.1, -0.05) is 30.3 Å². The van der Waals surface area contributed by atoms with E-state index >= 15 is 0 Å². The molecule has 1 aromatic rings. The van der Waals surface area contributed by atoms with Crippen molar-refractivity contribution in [3.8, 4) is 0 Å². The molecule has 0 radical (unpaired) electrons. The Morgan fingerprint density at radius 2 is 1.57 bits per heavy atom. The maximum atomic E-state index is 12.2. The molecular formula is C22H33NO5. The third-order valence-corrected chi connectivity index (χ3v) is 3.60. The van der Waals surface area contributed by atoms with E-state index in [9.17, 15) is 14.7 Å². The minimum Gasteiger partial charge on any atom is -0.457 e. The number of carbonyl (C=O) groups excluding carboxylic acids is 2. The zero-order chi connectivity index (χ0) is 21.5. The van der Waals surface area contributed by atoms with Crippen LogP contribution in [0.15, 0.2) is 42.0 Å². The minimum atomic E-state index is -1.08. The summed E-state index contributed by atoms with van der Waals surface area (Å²) in [4.78, 5) is 24.3. The molecule has 0 saturated heterocycles. The van der Waals surface area contributed by atoms with Crippen LogP contribution in [-0.4, -0.2) is 40.5 Å². The summed E-state index contributed by atoms with van der Waals surface area (Å²) in [7, 11) is 0. The highest BCUT2D eigenvalue weighted by Crippen LogP contribution is 2.15. The molecule has 6 heteroatoms. The molecule has 1 rings (SSSR count). The number of aliphatic hydroxyl groups is 1. The van der Waals surface area contributed by atoms with Crippen molar-refractivity contribution in [3.05, 3.63) is 47.5 Å². The van der Waals surface area contributed by atoms with Gasteiger partial charge >= 0.3 is 12.1 Å². The van der Waals surface area contributed by atoms with Crippen LogP contribution in [0.2, 0.25) is 0 Å². The molecule has 0 saturated carbocycles. The topological polar surface area (TPSA) is 84.9 Å². The van der Waals surface area contributed by atoms with E-state index in [-0.39, 0.29) is 0 Å². The maximum Gasteiger partial charge on any atom is 0.407 e. The third kappa shape index (κ3) is 9.55. The average molecular weight is 392 g/mol. The summed E-state index contributed by atoms with van der Waals surface area (Å²) in [5.41, 5.74) is 0.0454. The highest BCUT2D eigenvalue weighted by molar-refractivity contribution is 5.83. The van der Waals surface area contributed by atoms with E-state index in [2.05, 4.69) is 5.32 Å². The first-order valence-electron chi connectivity index (χ1n) is 9.39. The minimum absolute atomic E-state index is 0.376. The molecule has 6 nitrogen and oxygen atoms in total. The number of nitrogens with one attached hydrogen (secondary N) is 1. The Kier molecular flexibility index (Phi) is 8.24. The molecule has 156 valence electrons. The van der Waals surface area contributed by atoms with Gasteiger partial charge in [0, 0.05) is 6.08 Å². The lowest BCUT2D eigenvalue weighted by atomic mass is 9.96. The Bertz CT molecular complexity index is 683. The lowest BCUT2D eigenvalue weighted by Gasteiger charge is -2.27. The van der Waals surface area contributed by atoms with E-state index in [0.717, 1.165) is 5.56 Å². The van der Waals surface area contributed by atoms with E-state index in [0.29, 0.717) is 12.0 Å². The second-order valence-corrected chi connectivity index (χ2v) is 8.81. The van der Waals surface area contributed by atoms with Crippen LogP contribution >= 0.6 is 0 Å². The SMILES string of the molecule is C/C(=C\C(=O)OC(C)(C)C)[C@@H](O)[C@@H](Cc1ccccc1)NC(=O)OC(C)(C)C. The summed E-state index contributed by atoms with van der Waals surface area (Å²) in [6.07, 6.45) is -0.0800. The first-order chi connectivity index (χ1) is 12.8. The number of hydrogen-bond donors (Lipinski definition) is 2. The van der Waals surface area contributed by atoms with Crippen LogP contribution in [-0.2, 0) is 20.7 Å². The first kappa shape index (κ1) is 23.7. The van der Waals surface area contributed by atoms with Gasteiger partial charge in [0.1, 0.15) is 11.2 Å². The molecule has 0 fully saturated rings. The Morgan fingerprint density at radius 1 is 1.04 bits per heavy atom. The van der Waals surface area contributed by atoms with Gasteiger partial charge in [-0.15, -0.1) is 0 Å². The third-order valence-electron chi connectivity index (χ3n) is 3.60. The van der Waals surface area contributed by atoms with Crippen molar-refractivity contribution >= 4 is 12.1 Å². The van der Waals surface area contributed by atoms with E-state index in [1.807, 2.05) is 30.3 Å². The number of rotatable bonds is 6. The first-order valence-corrected chi connectivity index (χ1v) is 9.39. The highest BCUT2D eigenvalue weighted by Gasteiger charge is 2.27.